The van der Waals surface area contributed by atoms with Gasteiger partial charge in [0.15, 0.2) is 0 Å². The molecule has 110 valence electrons. The molecule has 0 saturated heterocycles. The van der Waals surface area contributed by atoms with Crippen LogP contribution in [0.4, 0.5) is 11.4 Å². The standard InChI is InChI=1S/C15H16N2O3S/c1-20-14-9-10(17(18)19)5-6-13(14)16-12-3-2-4-15-11(12)7-8-21-15/h5-9,12,16H,2-4H2,1H3. The van der Waals surface area contributed by atoms with Crippen molar-refractivity contribution in [3.63, 3.8) is 0 Å². The zero-order valence-electron chi connectivity index (χ0n) is 11.7. The highest BCUT2D eigenvalue weighted by Crippen LogP contribution is 2.38. The number of anilines is 1. The predicted octanol–water partition coefficient (Wildman–Crippen LogP) is 4.15. The Morgan fingerprint density at radius 1 is 1.43 bits per heavy atom. The number of methoxy groups -OCH3 is 1. The SMILES string of the molecule is COc1cc([N+](=O)[O-])ccc1NC1CCCc2sccc21. The van der Waals surface area contributed by atoms with Crippen molar-refractivity contribution in [2.75, 3.05) is 12.4 Å². The molecule has 5 nitrogen and oxygen atoms in total. The highest BCUT2D eigenvalue weighted by atomic mass is 32.1. The van der Waals surface area contributed by atoms with Crippen LogP contribution >= 0.6 is 11.3 Å². The van der Waals surface area contributed by atoms with Gasteiger partial charge in [0.05, 0.1) is 29.8 Å². The van der Waals surface area contributed by atoms with Gasteiger partial charge in [-0.2, -0.15) is 0 Å². The third-order valence-electron chi connectivity index (χ3n) is 3.78. The minimum Gasteiger partial charge on any atom is -0.494 e. The molecule has 0 amide bonds. The molecule has 0 aliphatic heterocycles. The lowest BCUT2D eigenvalue weighted by molar-refractivity contribution is -0.384. The van der Waals surface area contributed by atoms with E-state index in [0.717, 1.165) is 24.9 Å². The van der Waals surface area contributed by atoms with Gasteiger partial charge in [-0.15, -0.1) is 11.3 Å². The summed E-state index contributed by atoms with van der Waals surface area (Å²) in [6.45, 7) is 0. The minimum atomic E-state index is -0.413. The van der Waals surface area contributed by atoms with Crippen LogP contribution < -0.4 is 10.1 Å². The number of aryl methyl sites for hydroxylation is 1. The van der Waals surface area contributed by atoms with Crippen LogP contribution in [-0.2, 0) is 6.42 Å². The maximum absolute atomic E-state index is 10.8. The number of hydrogen-bond donors (Lipinski definition) is 1. The summed E-state index contributed by atoms with van der Waals surface area (Å²) in [5, 5.41) is 16.4. The average Bonchev–Trinajstić information content (AvgIpc) is 2.97. The molecule has 1 atom stereocenters. The fourth-order valence-corrected chi connectivity index (χ4v) is 3.72. The summed E-state index contributed by atoms with van der Waals surface area (Å²) in [7, 11) is 1.53. The summed E-state index contributed by atoms with van der Waals surface area (Å²) in [6, 6.07) is 7.09. The Morgan fingerprint density at radius 3 is 3.05 bits per heavy atom. The van der Waals surface area contributed by atoms with Crippen molar-refractivity contribution < 1.29 is 9.66 Å². The third kappa shape index (κ3) is 2.71. The van der Waals surface area contributed by atoms with E-state index in [4.69, 9.17) is 4.74 Å². The van der Waals surface area contributed by atoms with E-state index in [-0.39, 0.29) is 11.7 Å². The molecule has 0 fully saturated rings. The molecule has 0 bridgehead atoms. The maximum atomic E-state index is 10.8. The highest BCUT2D eigenvalue weighted by molar-refractivity contribution is 7.10. The fraction of sp³-hybridized carbons (Fsp3) is 0.333. The Morgan fingerprint density at radius 2 is 2.29 bits per heavy atom. The van der Waals surface area contributed by atoms with E-state index in [2.05, 4.69) is 16.8 Å². The van der Waals surface area contributed by atoms with Crippen molar-refractivity contribution in [3.05, 3.63) is 50.2 Å². The van der Waals surface area contributed by atoms with Gasteiger partial charge in [0.2, 0.25) is 0 Å². The second-order valence-corrected chi connectivity index (χ2v) is 6.03. The third-order valence-corrected chi connectivity index (χ3v) is 4.77. The average molecular weight is 304 g/mol. The molecule has 1 heterocycles. The smallest absolute Gasteiger partial charge is 0.273 e. The normalized spacial score (nSPS) is 17.1. The summed E-state index contributed by atoms with van der Waals surface area (Å²) in [5.74, 6) is 0.506. The first-order valence-corrected chi connectivity index (χ1v) is 7.72. The van der Waals surface area contributed by atoms with E-state index in [0.29, 0.717) is 5.75 Å². The Bertz CT molecular complexity index is 669. The molecule has 1 aromatic carbocycles. The number of nitrogens with zero attached hydrogens (tertiary/aromatic N) is 1. The molecule has 6 heteroatoms. The van der Waals surface area contributed by atoms with Crippen molar-refractivity contribution in [2.24, 2.45) is 0 Å². The number of thiophene rings is 1. The van der Waals surface area contributed by atoms with Gasteiger partial charge in [-0.3, -0.25) is 10.1 Å². The largest absolute Gasteiger partial charge is 0.494 e. The van der Waals surface area contributed by atoms with Crippen LogP contribution in [0.2, 0.25) is 0 Å². The second-order valence-electron chi connectivity index (χ2n) is 5.03. The molecule has 1 aromatic heterocycles. The molecule has 1 unspecified atom stereocenters. The molecular formula is C15H16N2O3S. The van der Waals surface area contributed by atoms with Crippen LogP contribution in [0.1, 0.15) is 29.3 Å². The predicted molar refractivity (Wildman–Crippen MR) is 83.3 cm³/mol. The number of nitro groups is 1. The molecule has 3 rings (SSSR count). The van der Waals surface area contributed by atoms with Crippen molar-refractivity contribution in [1.82, 2.24) is 0 Å². The Kier molecular flexibility index (Phi) is 3.79. The van der Waals surface area contributed by atoms with Gasteiger partial charge < -0.3 is 10.1 Å². The molecule has 2 aromatic rings. The molecule has 0 saturated carbocycles. The second kappa shape index (κ2) is 5.73. The van der Waals surface area contributed by atoms with Gasteiger partial charge in [0.25, 0.3) is 5.69 Å². The lowest BCUT2D eigenvalue weighted by atomic mass is 9.94. The zero-order valence-corrected chi connectivity index (χ0v) is 12.5. The van der Waals surface area contributed by atoms with E-state index in [1.54, 1.807) is 17.4 Å². The number of rotatable bonds is 4. The number of nitrogens with one attached hydrogen (secondary N) is 1. The van der Waals surface area contributed by atoms with E-state index in [9.17, 15) is 10.1 Å². The number of ether oxygens (including phenoxy) is 1. The number of benzene rings is 1. The number of nitro benzene ring substituents is 1. The number of hydrogen-bond acceptors (Lipinski definition) is 5. The van der Waals surface area contributed by atoms with E-state index in [1.807, 2.05) is 0 Å². The number of fused-ring (bicyclic) bond motifs is 1. The summed E-state index contributed by atoms with van der Waals surface area (Å²) >= 11 is 1.80. The van der Waals surface area contributed by atoms with Crippen LogP contribution in [-0.4, -0.2) is 12.0 Å². The first kappa shape index (κ1) is 13.9. The summed E-state index contributed by atoms with van der Waals surface area (Å²) in [5.41, 5.74) is 2.18. The van der Waals surface area contributed by atoms with Gasteiger partial charge >= 0.3 is 0 Å². The van der Waals surface area contributed by atoms with Crippen LogP contribution in [0.3, 0.4) is 0 Å². The van der Waals surface area contributed by atoms with Crippen molar-refractivity contribution in [3.8, 4) is 5.75 Å². The van der Waals surface area contributed by atoms with Gasteiger partial charge in [0, 0.05) is 10.9 Å². The Balaban J connectivity index is 1.87. The lowest BCUT2D eigenvalue weighted by Gasteiger charge is -2.25. The quantitative estimate of drug-likeness (QED) is 0.680. The van der Waals surface area contributed by atoms with Gasteiger partial charge in [-0.05, 0) is 42.3 Å². The van der Waals surface area contributed by atoms with Crippen molar-refractivity contribution >= 4 is 22.7 Å². The van der Waals surface area contributed by atoms with E-state index >= 15 is 0 Å². The van der Waals surface area contributed by atoms with E-state index in [1.165, 1.54) is 29.7 Å². The molecule has 1 N–H and O–H groups in total. The van der Waals surface area contributed by atoms with Crippen LogP contribution in [0, 0.1) is 10.1 Å². The highest BCUT2D eigenvalue weighted by Gasteiger charge is 2.22. The topological polar surface area (TPSA) is 64.4 Å². The fourth-order valence-electron chi connectivity index (χ4n) is 2.74. The first-order valence-electron chi connectivity index (χ1n) is 6.84. The summed E-state index contributed by atoms with van der Waals surface area (Å²) < 4.78 is 5.28. The van der Waals surface area contributed by atoms with Gasteiger partial charge in [-0.25, -0.2) is 0 Å². The zero-order chi connectivity index (χ0) is 14.8. The monoisotopic (exact) mass is 304 g/mol. The molecular weight excluding hydrogens is 288 g/mol. The lowest BCUT2D eigenvalue weighted by Crippen LogP contribution is -2.16. The Hall–Kier alpha value is -2.08. The molecule has 1 aliphatic carbocycles. The van der Waals surface area contributed by atoms with Crippen LogP contribution in [0.15, 0.2) is 29.6 Å². The van der Waals surface area contributed by atoms with Crippen LogP contribution in [0.5, 0.6) is 5.75 Å². The Labute approximate surface area is 126 Å². The van der Waals surface area contributed by atoms with Crippen molar-refractivity contribution in [2.45, 2.75) is 25.3 Å². The minimum absolute atomic E-state index is 0.0391. The molecule has 0 spiro atoms. The summed E-state index contributed by atoms with van der Waals surface area (Å²) in [6.07, 6.45) is 3.35. The van der Waals surface area contributed by atoms with E-state index < -0.39 is 4.92 Å². The van der Waals surface area contributed by atoms with Gasteiger partial charge in [-0.1, -0.05) is 0 Å². The molecule has 21 heavy (non-hydrogen) atoms. The van der Waals surface area contributed by atoms with Gasteiger partial charge in [0.1, 0.15) is 5.75 Å². The number of non-ortho nitro benzene ring substituents is 1. The van der Waals surface area contributed by atoms with Crippen LogP contribution in [0.25, 0.3) is 0 Å². The molecule has 0 radical (unpaired) electrons. The first-order chi connectivity index (χ1) is 10.2. The molecule has 1 aliphatic rings. The summed E-state index contributed by atoms with van der Waals surface area (Å²) in [4.78, 5) is 11.8. The van der Waals surface area contributed by atoms with Crippen molar-refractivity contribution in [1.29, 1.82) is 0 Å². The maximum Gasteiger partial charge on any atom is 0.273 e.